The van der Waals surface area contributed by atoms with Gasteiger partial charge in [-0.15, -0.1) is 0 Å². The van der Waals surface area contributed by atoms with Gasteiger partial charge in [0.15, 0.2) is 0 Å². The third kappa shape index (κ3) is 5.13. The number of ether oxygens (including phenoxy) is 2. The molecular weight excluding hydrogens is 424 g/mol. The van der Waals surface area contributed by atoms with E-state index in [1.807, 2.05) is 0 Å². The summed E-state index contributed by atoms with van der Waals surface area (Å²) in [4.78, 5) is 23.8. The predicted octanol–water partition coefficient (Wildman–Crippen LogP) is 2.75. The first-order chi connectivity index (χ1) is 12.3. The fourth-order valence-electron chi connectivity index (χ4n) is 2.12. The van der Waals surface area contributed by atoms with Crippen molar-refractivity contribution in [2.45, 2.75) is 18.4 Å². The zero-order valence-electron chi connectivity index (χ0n) is 14.1. The van der Waals surface area contributed by atoms with E-state index in [0.29, 0.717) is 27.5 Å². The molecule has 0 fully saturated rings. The lowest BCUT2D eigenvalue weighted by Crippen LogP contribution is -2.13. The molecule has 26 heavy (non-hydrogen) atoms. The molecule has 1 atom stereocenters. The minimum atomic E-state index is -1.69. The van der Waals surface area contributed by atoms with Crippen molar-refractivity contribution in [1.29, 1.82) is 0 Å². The highest BCUT2D eigenvalue weighted by molar-refractivity contribution is 9.10. The van der Waals surface area contributed by atoms with Gasteiger partial charge in [0, 0.05) is 34.3 Å². The van der Waals surface area contributed by atoms with Crippen LogP contribution in [0.3, 0.4) is 0 Å². The summed E-state index contributed by atoms with van der Waals surface area (Å²) >= 11 is 3.36. The van der Waals surface area contributed by atoms with Gasteiger partial charge < -0.3 is 14.8 Å². The van der Waals surface area contributed by atoms with Crippen molar-refractivity contribution in [2.24, 2.45) is 5.14 Å². The van der Waals surface area contributed by atoms with Crippen LogP contribution in [0.5, 0.6) is 5.75 Å². The maximum absolute atomic E-state index is 12.5. The van der Waals surface area contributed by atoms with Gasteiger partial charge in [-0.1, -0.05) is 15.9 Å². The Kier molecular flexibility index (Phi) is 6.90. The molecule has 7 nitrogen and oxygen atoms in total. The lowest BCUT2D eigenvalue weighted by Gasteiger charge is -2.11. The maximum Gasteiger partial charge on any atom is 0.302 e. The first-order valence-electron chi connectivity index (χ1n) is 7.39. The van der Waals surface area contributed by atoms with Crippen LogP contribution in [0.4, 0.5) is 5.69 Å². The van der Waals surface area contributed by atoms with Gasteiger partial charge in [-0.2, -0.15) is 0 Å². The summed E-state index contributed by atoms with van der Waals surface area (Å²) in [5.41, 5.74) is 1.52. The average molecular weight is 441 g/mol. The summed E-state index contributed by atoms with van der Waals surface area (Å²) in [6.45, 7) is 1.37. The van der Waals surface area contributed by atoms with Crippen molar-refractivity contribution in [2.75, 3.05) is 12.4 Å². The van der Waals surface area contributed by atoms with E-state index in [0.717, 1.165) is 4.47 Å². The molecule has 138 valence electrons. The second kappa shape index (κ2) is 8.93. The van der Waals surface area contributed by atoms with Crippen LogP contribution in [0.2, 0.25) is 0 Å². The number of carbonyl (C=O) groups excluding carboxylic acids is 2. The molecule has 1 unspecified atom stereocenters. The molecule has 0 aromatic heterocycles. The summed E-state index contributed by atoms with van der Waals surface area (Å²) in [6.07, 6.45) is 0. The van der Waals surface area contributed by atoms with Crippen LogP contribution in [0.25, 0.3) is 0 Å². The maximum atomic E-state index is 12.5. The van der Waals surface area contributed by atoms with Crippen LogP contribution in [-0.4, -0.2) is 23.2 Å². The highest BCUT2D eigenvalue weighted by Gasteiger charge is 2.13. The number of halogens is 1. The number of esters is 1. The number of hydrogen-bond acceptors (Lipinski definition) is 5. The number of nitrogens with two attached hydrogens (primary N) is 1. The van der Waals surface area contributed by atoms with Gasteiger partial charge in [0.2, 0.25) is 0 Å². The fraction of sp³-hybridized carbons (Fsp3) is 0.176. The van der Waals surface area contributed by atoms with Gasteiger partial charge in [0.05, 0.1) is 12.0 Å². The monoisotopic (exact) mass is 440 g/mol. The van der Waals surface area contributed by atoms with Crippen LogP contribution < -0.4 is 15.2 Å². The molecule has 9 heteroatoms. The molecule has 0 spiro atoms. The molecule has 1 amide bonds. The third-order valence-electron chi connectivity index (χ3n) is 3.38. The number of methoxy groups -OCH3 is 1. The second-order valence-corrected chi connectivity index (χ2v) is 7.09. The average Bonchev–Trinajstić information content (AvgIpc) is 2.60. The highest BCUT2D eigenvalue weighted by Crippen LogP contribution is 2.26. The van der Waals surface area contributed by atoms with Crippen LogP contribution in [0, 0.1) is 0 Å². The Labute approximate surface area is 161 Å². The summed E-state index contributed by atoms with van der Waals surface area (Å²) in [7, 11) is -0.270. The van der Waals surface area contributed by atoms with Crippen molar-refractivity contribution in [1.82, 2.24) is 0 Å². The van der Waals surface area contributed by atoms with Gasteiger partial charge in [-0.3, -0.25) is 9.59 Å². The molecule has 0 saturated heterocycles. The van der Waals surface area contributed by atoms with Crippen molar-refractivity contribution < 1.29 is 23.3 Å². The Morgan fingerprint density at radius 2 is 1.96 bits per heavy atom. The standard InChI is InChI=1S/C17H17BrN2O5S/c1-10(21)25-9-12-7-11(3-5-14(12)18)17(22)20-13-4-6-16(26(19)23)15(8-13)24-2/h3-8H,9,19H2,1-2H3,(H,20,22). The molecule has 2 rings (SSSR count). The zero-order chi connectivity index (χ0) is 19.3. The normalized spacial score (nSPS) is 11.5. The zero-order valence-corrected chi connectivity index (χ0v) is 16.5. The lowest BCUT2D eigenvalue weighted by molar-refractivity contribution is -0.142. The van der Waals surface area contributed by atoms with E-state index in [-0.39, 0.29) is 12.5 Å². The van der Waals surface area contributed by atoms with Crippen LogP contribution in [0.1, 0.15) is 22.8 Å². The number of benzene rings is 2. The van der Waals surface area contributed by atoms with Crippen molar-refractivity contribution in [3.8, 4) is 5.75 Å². The van der Waals surface area contributed by atoms with E-state index in [4.69, 9.17) is 14.6 Å². The van der Waals surface area contributed by atoms with E-state index in [1.54, 1.807) is 24.3 Å². The Bertz CT molecular complexity index is 872. The highest BCUT2D eigenvalue weighted by atomic mass is 79.9. The largest absolute Gasteiger partial charge is 0.495 e. The summed E-state index contributed by atoms with van der Waals surface area (Å²) < 4.78 is 22.3. The summed E-state index contributed by atoms with van der Waals surface area (Å²) in [5.74, 6) is -0.448. The van der Waals surface area contributed by atoms with Crippen molar-refractivity contribution in [3.05, 3.63) is 52.0 Å². The lowest BCUT2D eigenvalue weighted by atomic mass is 10.1. The second-order valence-electron chi connectivity index (χ2n) is 5.20. The van der Waals surface area contributed by atoms with Crippen molar-refractivity contribution >= 4 is 44.5 Å². The molecular formula is C17H17BrN2O5S. The van der Waals surface area contributed by atoms with Gasteiger partial charge in [-0.05, 0) is 30.3 Å². The molecule has 0 heterocycles. The summed E-state index contributed by atoms with van der Waals surface area (Å²) in [6, 6.07) is 9.61. The predicted molar refractivity (Wildman–Crippen MR) is 101 cm³/mol. The topological polar surface area (TPSA) is 108 Å². The van der Waals surface area contributed by atoms with Crippen LogP contribution >= 0.6 is 15.9 Å². The molecule has 0 saturated carbocycles. The molecule has 0 radical (unpaired) electrons. The molecule has 2 aromatic carbocycles. The van der Waals surface area contributed by atoms with Gasteiger partial charge >= 0.3 is 5.97 Å². The quantitative estimate of drug-likeness (QED) is 0.671. The molecule has 0 aliphatic carbocycles. The first-order valence-corrected chi connectivity index (χ1v) is 9.39. The Morgan fingerprint density at radius 1 is 1.23 bits per heavy atom. The number of hydrogen-bond donors (Lipinski definition) is 2. The van der Waals surface area contributed by atoms with Gasteiger partial charge in [0.1, 0.15) is 23.3 Å². The minimum Gasteiger partial charge on any atom is -0.495 e. The Hall–Kier alpha value is -2.23. The van der Waals surface area contributed by atoms with Gasteiger partial charge in [0.25, 0.3) is 5.91 Å². The van der Waals surface area contributed by atoms with E-state index >= 15 is 0 Å². The molecule has 0 bridgehead atoms. The Morgan fingerprint density at radius 3 is 2.58 bits per heavy atom. The Balaban J connectivity index is 2.21. The molecule has 2 aromatic rings. The SMILES string of the molecule is COc1cc(NC(=O)c2ccc(Br)c(COC(C)=O)c2)ccc1S(N)=O. The van der Waals surface area contributed by atoms with E-state index in [1.165, 1.54) is 26.2 Å². The van der Waals surface area contributed by atoms with Crippen LogP contribution in [0.15, 0.2) is 45.8 Å². The smallest absolute Gasteiger partial charge is 0.302 e. The molecule has 0 aliphatic heterocycles. The minimum absolute atomic E-state index is 0.0574. The van der Waals surface area contributed by atoms with Gasteiger partial charge in [-0.25, -0.2) is 9.35 Å². The number of carbonyl (C=O) groups is 2. The van der Waals surface area contributed by atoms with Crippen molar-refractivity contribution in [3.63, 3.8) is 0 Å². The van der Waals surface area contributed by atoms with Crippen LogP contribution in [-0.2, 0) is 27.1 Å². The fourth-order valence-corrected chi connectivity index (χ4v) is 3.02. The van der Waals surface area contributed by atoms with E-state index in [2.05, 4.69) is 21.2 Å². The van der Waals surface area contributed by atoms with E-state index in [9.17, 15) is 13.8 Å². The first kappa shape index (κ1) is 20.1. The number of anilines is 1. The number of rotatable bonds is 6. The number of amides is 1. The molecule has 3 N–H and O–H groups in total. The third-order valence-corrected chi connectivity index (χ3v) is 4.92. The van der Waals surface area contributed by atoms with E-state index < -0.39 is 17.0 Å². The number of nitrogens with one attached hydrogen (secondary N) is 1. The summed E-state index contributed by atoms with van der Waals surface area (Å²) in [5, 5.41) is 8.11. The molecule has 0 aliphatic rings.